The predicted molar refractivity (Wildman–Crippen MR) is 74.9 cm³/mol. The molecule has 126 valence electrons. The molecule has 1 unspecified atom stereocenters. The molecule has 22 heavy (non-hydrogen) atoms. The Morgan fingerprint density at radius 1 is 1.32 bits per heavy atom. The van der Waals surface area contributed by atoms with Crippen molar-refractivity contribution < 1.29 is 18.3 Å². The maximum atomic E-state index is 12.5. The van der Waals surface area contributed by atoms with Crippen molar-refractivity contribution in [3.8, 4) is 0 Å². The molecule has 1 aliphatic rings. The first-order valence-electron chi connectivity index (χ1n) is 7.61. The van der Waals surface area contributed by atoms with E-state index in [0.717, 1.165) is 12.4 Å². The van der Waals surface area contributed by atoms with E-state index in [1.165, 1.54) is 6.33 Å². The molecule has 0 aromatic carbocycles. The maximum absolute atomic E-state index is 12.5. The molecule has 1 aromatic heterocycles. The summed E-state index contributed by atoms with van der Waals surface area (Å²) in [6.07, 6.45) is -4.53. The molecule has 0 amide bonds. The van der Waals surface area contributed by atoms with E-state index in [1.54, 1.807) is 0 Å². The zero-order valence-electron chi connectivity index (χ0n) is 12.9. The Morgan fingerprint density at radius 3 is 2.50 bits per heavy atom. The number of aliphatic hydroxyl groups is 1. The molecule has 2 heterocycles. The normalized spacial score (nSPS) is 19.8. The third kappa shape index (κ3) is 4.42. The minimum absolute atomic E-state index is 0.346. The van der Waals surface area contributed by atoms with Gasteiger partial charge < -0.3 is 5.11 Å². The van der Waals surface area contributed by atoms with E-state index in [1.807, 2.05) is 4.68 Å². The van der Waals surface area contributed by atoms with E-state index in [0.29, 0.717) is 38.4 Å². The van der Waals surface area contributed by atoms with Crippen LogP contribution in [-0.2, 0) is 13.1 Å². The number of nitrogens with zero attached hydrogens (tertiary/aromatic N) is 4. The standard InChI is InChI=1S/C14H23F3N4O/c1-10(2)7-21-12(18-9-19-21)8-20-5-3-11(4-6-20)13(22)14(15,16)17/h9-11,13,22H,3-8H2,1-2H3. The van der Waals surface area contributed by atoms with Crippen molar-refractivity contribution in [1.82, 2.24) is 19.7 Å². The Morgan fingerprint density at radius 2 is 1.95 bits per heavy atom. The molecular weight excluding hydrogens is 297 g/mol. The van der Waals surface area contributed by atoms with Gasteiger partial charge in [-0.3, -0.25) is 4.90 Å². The van der Waals surface area contributed by atoms with Gasteiger partial charge in [-0.05, 0) is 37.8 Å². The molecule has 2 rings (SSSR count). The van der Waals surface area contributed by atoms with Crippen LogP contribution >= 0.6 is 0 Å². The van der Waals surface area contributed by atoms with Crippen molar-refractivity contribution in [2.75, 3.05) is 13.1 Å². The van der Waals surface area contributed by atoms with Crippen LogP contribution in [0.15, 0.2) is 6.33 Å². The fourth-order valence-corrected chi connectivity index (χ4v) is 2.80. The van der Waals surface area contributed by atoms with E-state index in [2.05, 4.69) is 28.8 Å². The van der Waals surface area contributed by atoms with Crippen LogP contribution in [0, 0.1) is 11.8 Å². The summed E-state index contributed by atoms with van der Waals surface area (Å²) in [7, 11) is 0. The number of hydrogen-bond donors (Lipinski definition) is 1. The average molecular weight is 320 g/mol. The molecule has 8 heteroatoms. The predicted octanol–water partition coefficient (Wildman–Crippen LogP) is 2.07. The molecule has 1 saturated heterocycles. The molecule has 0 saturated carbocycles. The van der Waals surface area contributed by atoms with Gasteiger partial charge in [-0.1, -0.05) is 13.8 Å². The zero-order chi connectivity index (χ0) is 16.3. The van der Waals surface area contributed by atoms with Crippen LogP contribution in [0.1, 0.15) is 32.5 Å². The van der Waals surface area contributed by atoms with Crippen molar-refractivity contribution in [2.24, 2.45) is 11.8 Å². The Hall–Kier alpha value is -1.15. The average Bonchev–Trinajstić information content (AvgIpc) is 2.84. The molecule has 0 radical (unpaired) electrons. The molecule has 1 aromatic rings. The number of alkyl halides is 3. The Balaban J connectivity index is 1.87. The summed E-state index contributed by atoms with van der Waals surface area (Å²) in [6, 6.07) is 0. The topological polar surface area (TPSA) is 54.2 Å². The summed E-state index contributed by atoms with van der Waals surface area (Å²) in [5.74, 6) is 0.585. The van der Waals surface area contributed by atoms with Gasteiger partial charge in [0.1, 0.15) is 12.2 Å². The van der Waals surface area contributed by atoms with Crippen LogP contribution in [0.25, 0.3) is 0 Å². The fraction of sp³-hybridized carbons (Fsp3) is 0.857. The lowest BCUT2D eigenvalue weighted by molar-refractivity contribution is -0.223. The van der Waals surface area contributed by atoms with E-state index in [4.69, 9.17) is 0 Å². The monoisotopic (exact) mass is 320 g/mol. The number of aromatic nitrogens is 3. The number of rotatable bonds is 5. The van der Waals surface area contributed by atoms with Crippen LogP contribution in [0.4, 0.5) is 13.2 Å². The van der Waals surface area contributed by atoms with Gasteiger partial charge in [-0.15, -0.1) is 0 Å². The second-order valence-electron chi connectivity index (χ2n) is 6.35. The van der Waals surface area contributed by atoms with Crippen LogP contribution in [0.3, 0.4) is 0 Å². The first-order valence-corrected chi connectivity index (χ1v) is 7.61. The number of piperidine rings is 1. The molecule has 0 aliphatic carbocycles. The van der Waals surface area contributed by atoms with E-state index >= 15 is 0 Å². The largest absolute Gasteiger partial charge is 0.414 e. The van der Waals surface area contributed by atoms with E-state index in [-0.39, 0.29) is 0 Å². The van der Waals surface area contributed by atoms with Gasteiger partial charge in [0.2, 0.25) is 0 Å². The first-order chi connectivity index (χ1) is 10.3. The van der Waals surface area contributed by atoms with Gasteiger partial charge in [0.15, 0.2) is 6.10 Å². The Labute approximate surface area is 128 Å². The molecule has 1 fully saturated rings. The highest BCUT2D eigenvalue weighted by Crippen LogP contribution is 2.31. The highest BCUT2D eigenvalue weighted by molar-refractivity contribution is 4.88. The lowest BCUT2D eigenvalue weighted by Gasteiger charge is -2.34. The van der Waals surface area contributed by atoms with Gasteiger partial charge in [0.05, 0.1) is 6.54 Å². The van der Waals surface area contributed by atoms with Crippen molar-refractivity contribution in [1.29, 1.82) is 0 Å². The van der Waals surface area contributed by atoms with E-state index < -0.39 is 18.2 Å². The maximum Gasteiger partial charge on any atom is 0.414 e. The quantitative estimate of drug-likeness (QED) is 0.902. The second kappa shape index (κ2) is 6.95. The summed E-state index contributed by atoms with van der Waals surface area (Å²) >= 11 is 0. The van der Waals surface area contributed by atoms with Crippen molar-refractivity contribution >= 4 is 0 Å². The van der Waals surface area contributed by atoms with Crippen LogP contribution < -0.4 is 0 Å². The second-order valence-corrected chi connectivity index (χ2v) is 6.35. The van der Waals surface area contributed by atoms with Gasteiger partial charge >= 0.3 is 6.18 Å². The third-order valence-electron chi connectivity index (χ3n) is 4.01. The molecule has 1 atom stereocenters. The van der Waals surface area contributed by atoms with Crippen molar-refractivity contribution in [3.05, 3.63) is 12.2 Å². The van der Waals surface area contributed by atoms with Crippen LogP contribution in [0.2, 0.25) is 0 Å². The summed E-state index contributed by atoms with van der Waals surface area (Å²) in [5, 5.41) is 13.5. The van der Waals surface area contributed by atoms with Gasteiger partial charge in [0.25, 0.3) is 0 Å². The Bertz CT molecular complexity index is 467. The lowest BCUT2D eigenvalue weighted by Crippen LogP contribution is -2.43. The summed E-state index contributed by atoms with van der Waals surface area (Å²) in [5.41, 5.74) is 0. The minimum atomic E-state index is -4.52. The molecule has 0 spiro atoms. The highest BCUT2D eigenvalue weighted by Gasteiger charge is 2.44. The number of likely N-dealkylation sites (tertiary alicyclic amines) is 1. The SMILES string of the molecule is CC(C)Cn1ncnc1CN1CCC(C(O)C(F)(F)F)CC1. The number of aliphatic hydroxyl groups excluding tert-OH is 1. The fourth-order valence-electron chi connectivity index (χ4n) is 2.80. The van der Waals surface area contributed by atoms with Gasteiger partial charge in [0, 0.05) is 6.54 Å². The smallest absolute Gasteiger partial charge is 0.383 e. The van der Waals surface area contributed by atoms with Crippen molar-refractivity contribution in [2.45, 2.75) is 52.1 Å². The summed E-state index contributed by atoms with van der Waals surface area (Å²) in [6.45, 7) is 6.61. The summed E-state index contributed by atoms with van der Waals surface area (Å²) < 4.78 is 39.4. The van der Waals surface area contributed by atoms with Gasteiger partial charge in [-0.2, -0.15) is 18.3 Å². The molecule has 5 nitrogen and oxygen atoms in total. The van der Waals surface area contributed by atoms with Crippen LogP contribution in [-0.4, -0.2) is 50.1 Å². The number of hydrogen-bond acceptors (Lipinski definition) is 4. The third-order valence-corrected chi connectivity index (χ3v) is 4.01. The Kier molecular flexibility index (Phi) is 5.44. The highest BCUT2D eigenvalue weighted by atomic mass is 19.4. The lowest BCUT2D eigenvalue weighted by atomic mass is 9.91. The number of halogens is 3. The van der Waals surface area contributed by atoms with Crippen LogP contribution in [0.5, 0.6) is 0 Å². The van der Waals surface area contributed by atoms with Crippen molar-refractivity contribution in [3.63, 3.8) is 0 Å². The summed E-state index contributed by atoms with van der Waals surface area (Å²) in [4.78, 5) is 6.31. The van der Waals surface area contributed by atoms with Gasteiger partial charge in [-0.25, -0.2) is 9.67 Å². The van der Waals surface area contributed by atoms with E-state index in [9.17, 15) is 18.3 Å². The minimum Gasteiger partial charge on any atom is -0.383 e. The molecule has 1 aliphatic heterocycles. The molecule has 0 bridgehead atoms. The zero-order valence-corrected chi connectivity index (χ0v) is 12.9. The molecular formula is C14H23F3N4O. The molecule has 1 N–H and O–H groups in total. The first kappa shape index (κ1) is 17.2.